The summed E-state index contributed by atoms with van der Waals surface area (Å²) in [5, 5.41) is 17.9. The minimum atomic E-state index is -1.45. The summed E-state index contributed by atoms with van der Waals surface area (Å²) in [5.74, 6) is -1.30. The molecule has 0 saturated carbocycles. The molecule has 0 aliphatic rings. The molecular formula is C37H51N8O6Si+. The molecule has 0 fully saturated rings. The molecule has 0 heterocycles. The van der Waals surface area contributed by atoms with Gasteiger partial charge in [-0.15, -0.1) is 16.3 Å². The third-order valence-electron chi connectivity index (χ3n) is 5.52. The average molecular weight is 732 g/mol. The monoisotopic (exact) mass is 731 g/mol. The molecule has 52 heavy (non-hydrogen) atoms. The number of nitrogen functional groups attached to an aromatic ring is 1. The van der Waals surface area contributed by atoms with E-state index < -0.39 is 25.4 Å². The van der Waals surface area contributed by atoms with Crippen LogP contribution in [0.1, 0.15) is 76.1 Å². The summed E-state index contributed by atoms with van der Waals surface area (Å²) in [6, 6.07) is 21.0. The van der Waals surface area contributed by atoms with Crippen LogP contribution >= 0.6 is 0 Å². The van der Waals surface area contributed by atoms with E-state index in [1.807, 2.05) is 72.5 Å². The van der Waals surface area contributed by atoms with Gasteiger partial charge in [0.2, 0.25) is 4.91 Å². The SMILES string of the molecule is C=C(C)C.CC(C)(C)OC(=O)c1cccc2c(N=[N+]=N)cccc12.CC(C)(C)ON=O.C[Si](C)(C)N=[N+]=[N-].Nc1cccc2c(C(=O)O)cccc12. The van der Waals surface area contributed by atoms with Crippen molar-refractivity contribution in [1.82, 2.24) is 4.91 Å². The van der Waals surface area contributed by atoms with Crippen molar-refractivity contribution in [3.8, 4) is 0 Å². The summed E-state index contributed by atoms with van der Waals surface area (Å²) < 4.78 is 8.98. The van der Waals surface area contributed by atoms with E-state index in [4.69, 9.17) is 26.6 Å². The number of carbonyl (C=O) groups excluding carboxylic acids is 1. The number of hydrogen-bond acceptors (Lipinski definition) is 10. The second kappa shape index (κ2) is 21.4. The summed E-state index contributed by atoms with van der Waals surface area (Å²) in [4.78, 5) is 42.5. The molecule has 0 radical (unpaired) electrons. The van der Waals surface area contributed by atoms with Gasteiger partial charge in [-0.2, -0.15) is 0 Å². The van der Waals surface area contributed by atoms with E-state index in [2.05, 4.69) is 36.5 Å². The molecule has 0 aliphatic carbocycles. The first-order valence-electron chi connectivity index (χ1n) is 16.0. The quantitative estimate of drug-likeness (QED) is 0.0207. The minimum absolute atomic E-state index is 0.287. The van der Waals surface area contributed by atoms with Gasteiger partial charge >= 0.3 is 11.9 Å². The highest BCUT2D eigenvalue weighted by Gasteiger charge is 2.20. The molecular weight excluding hydrogens is 681 g/mol. The summed E-state index contributed by atoms with van der Waals surface area (Å²) in [6.45, 7) is 24.2. The lowest BCUT2D eigenvalue weighted by atomic mass is 10.0. The molecule has 278 valence electrons. The Kier molecular flexibility index (Phi) is 18.9. The number of nitrogens with one attached hydrogen (secondary N) is 1. The Morgan fingerprint density at radius 1 is 0.827 bits per heavy atom. The first-order chi connectivity index (χ1) is 24.0. The van der Waals surface area contributed by atoms with E-state index in [0.717, 1.165) is 16.2 Å². The van der Waals surface area contributed by atoms with E-state index in [0.29, 0.717) is 22.3 Å². The third kappa shape index (κ3) is 18.8. The molecule has 15 heteroatoms. The standard InChI is InChI=1S/C15H16N3O2.C11H9NO2.C4H9NO2.C4H8.C3H9N3Si/c1-15(2,3)20-14(19)12-8-4-7-11-10(12)6-5-9-13(11)17-18-16;12-10-6-2-3-7-8(10)4-1-5-9(7)11(13)14;1-4(2,3)7-5-6;1-4(2)3;1-7(2,3)6-5-4/h4-9,16H,1-3H3;1-6H,12H2,(H,13,14);1-3H3;1H2,2-3H3;1-3H3/q+1;;;;. The molecule has 0 saturated heterocycles. The number of nitrogens with zero attached hydrogens (tertiary/aromatic N) is 6. The lowest BCUT2D eigenvalue weighted by molar-refractivity contribution is -0.00234. The molecule has 0 bridgehead atoms. The van der Waals surface area contributed by atoms with Gasteiger partial charge in [0.25, 0.3) is 0 Å². The summed E-state index contributed by atoms with van der Waals surface area (Å²) in [5.41, 5.74) is 22.6. The van der Waals surface area contributed by atoms with Gasteiger partial charge in [-0.25, -0.2) is 9.59 Å². The largest absolute Gasteiger partial charge is 0.478 e. The maximum absolute atomic E-state index is 12.2. The number of fused-ring (bicyclic) bond motifs is 2. The number of ether oxygens (including phenoxy) is 1. The molecule has 0 unspecified atom stereocenters. The molecule has 4 aromatic carbocycles. The van der Waals surface area contributed by atoms with Crippen LogP contribution < -0.4 is 10.6 Å². The Morgan fingerprint density at radius 3 is 1.69 bits per heavy atom. The maximum Gasteiger partial charge on any atom is 0.339 e. The second-order valence-electron chi connectivity index (χ2n) is 14.3. The van der Waals surface area contributed by atoms with Crippen molar-refractivity contribution in [2.45, 2.75) is 86.2 Å². The lowest BCUT2D eigenvalue weighted by Gasteiger charge is -2.20. The Hall–Kier alpha value is -5.88. The van der Waals surface area contributed by atoms with Gasteiger partial charge < -0.3 is 20.4 Å². The fourth-order valence-electron chi connectivity index (χ4n) is 3.71. The van der Waals surface area contributed by atoms with Crippen molar-refractivity contribution in [3.05, 3.63) is 111 Å². The number of nitrogens with two attached hydrogens (primary N) is 1. The fourth-order valence-corrected chi connectivity index (χ4v) is 3.98. The second-order valence-corrected chi connectivity index (χ2v) is 18.8. The summed E-state index contributed by atoms with van der Waals surface area (Å²) in [6.07, 6.45) is 0. The molecule has 14 nitrogen and oxygen atoms in total. The first kappa shape index (κ1) is 46.1. The van der Waals surface area contributed by atoms with Crippen LogP contribution in [-0.4, -0.2) is 36.5 Å². The van der Waals surface area contributed by atoms with Gasteiger partial charge in [-0.05, 0) is 101 Å². The fraction of sp³-hybridized carbons (Fsp3) is 0.351. The van der Waals surface area contributed by atoms with Crippen LogP contribution in [0.4, 0.5) is 11.4 Å². The van der Waals surface area contributed by atoms with Crippen molar-refractivity contribution in [2.75, 3.05) is 5.73 Å². The predicted molar refractivity (Wildman–Crippen MR) is 211 cm³/mol. The molecule has 4 N–H and O–H groups in total. The van der Waals surface area contributed by atoms with Crippen LogP contribution in [0.2, 0.25) is 19.6 Å². The Morgan fingerprint density at radius 2 is 1.29 bits per heavy atom. The summed E-state index contributed by atoms with van der Waals surface area (Å²) >= 11 is 0. The number of anilines is 1. The van der Waals surface area contributed by atoms with E-state index in [9.17, 15) is 14.5 Å². The van der Waals surface area contributed by atoms with E-state index in [1.165, 1.54) is 5.57 Å². The molecule has 4 rings (SSSR count). The smallest absolute Gasteiger partial charge is 0.339 e. The zero-order valence-corrected chi connectivity index (χ0v) is 32.9. The van der Waals surface area contributed by atoms with Gasteiger partial charge in [0.05, 0.1) is 11.1 Å². The number of benzene rings is 4. The number of azide groups is 1. The van der Waals surface area contributed by atoms with Crippen LogP contribution in [0, 0.1) is 10.4 Å². The van der Waals surface area contributed by atoms with Crippen LogP contribution in [0.15, 0.2) is 100 Å². The Balaban J connectivity index is 0.000000704. The molecule has 0 aromatic heterocycles. The number of aromatic carboxylic acids is 1. The Labute approximate surface area is 305 Å². The predicted octanol–water partition coefficient (Wildman–Crippen LogP) is 11.3. The van der Waals surface area contributed by atoms with Crippen LogP contribution in [0.25, 0.3) is 32.0 Å². The number of carboxylic acid groups (broad SMARTS) is 1. The number of hydrogen-bond donors (Lipinski definition) is 3. The number of rotatable bonds is 5. The zero-order valence-electron chi connectivity index (χ0n) is 31.9. The van der Waals surface area contributed by atoms with Crippen molar-refractivity contribution < 1.29 is 24.3 Å². The minimum Gasteiger partial charge on any atom is -0.478 e. The van der Waals surface area contributed by atoms with E-state index >= 15 is 0 Å². The van der Waals surface area contributed by atoms with Crippen LogP contribution in [-0.2, 0) is 9.57 Å². The number of esters is 1. The first-order valence-corrected chi connectivity index (χ1v) is 19.4. The highest BCUT2D eigenvalue weighted by atomic mass is 28.3. The van der Waals surface area contributed by atoms with Crippen molar-refractivity contribution >= 4 is 53.1 Å². The number of carbonyl (C=O) groups is 2. The normalized spacial score (nSPS) is 10.3. The van der Waals surface area contributed by atoms with Gasteiger partial charge in [-0.3, -0.25) is 0 Å². The van der Waals surface area contributed by atoms with E-state index in [-0.39, 0.29) is 11.5 Å². The topological polar surface area (TPSA) is 227 Å². The highest BCUT2D eigenvalue weighted by Crippen LogP contribution is 2.29. The molecule has 0 spiro atoms. The van der Waals surface area contributed by atoms with Crippen molar-refractivity contribution in [2.24, 2.45) is 15.2 Å². The maximum atomic E-state index is 12.2. The van der Waals surface area contributed by atoms with Crippen LogP contribution in [0.5, 0.6) is 0 Å². The molecule has 4 aromatic rings. The highest BCUT2D eigenvalue weighted by molar-refractivity contribution is 6.74. The van der Waals surface area contributed by atoms with Gasteiger partial charge in [-0.1, -0.05) is 73.7 Å². The number of allylic oxidation sites excluding steroid dienone is 1. The van der Waals surface area contributed by atoms with Crippen molar-refractivity contribution in [1.29, 1.82) is 5.53 Å². The third-order valence-corrected chi connectivity index (χ3v) is 6.21. The van der Waals surface area contributed by atoms with Crippen molar-refractivity contribution in [3.63, 3.8) is 0 Å². The van der Waals surface area contributed by atoms with Gasteiger partial charge in [0.15, 0.2) is 16.1 Å². The average Bonchev–Trinajstić information content (AvgIpc) is 3.00. The zero-order chi connectivity index (χ0) is 40.3. The molecule has 0 aliphatic heterocycles. The molecule has 0 amide bonds. The number of carboxylic acids is 1. The Bertz CT molecular complexity index is 1930. The van der Waals surface area contributed by atoms with Gasteiger partial charge in [0, 0.05) is 16.5 Å². The summed E-state index contributed by atoms with van der Waals surface area (Å²) in [7, 11) is -1.45. The van der Waals surface area contributed by atoms with Crippen LogP contribution in [0.3, 0.4) is 0 Å². The lowest BCUT2D eigenvalue weighted by Crippen LogP contribution is -2.24. The van der Waals surface area contributed by atoms with Gasteiger partial charge in [0.1, 0.15) is 25.0 Å². The van der Waals surface area contributed by atoms with E-state index in [1.54, 1.807) is 75.4 Å². The molecule has 0 atom stereocenters.